The first-order valence-corrected chi connectivity index (χ1v) is 11.0. The van der Waals surface area contributed by atoms with E-state index in [0.29, 0.717) is 19.3 Å². The van der Waals surface area contributed by atoms with E-state index < -0.39 is 12.1 Å². The lowest BCUT2D eigenvalue weighted by Gasteiger charge is -2.21. The number of halogens is 3. The van der Waals surface area contributed by atoms with Crippen molar-refractivity contribution in [3.8, 4) is 0 Å². The van der Waals surface area contributed by atoms with Gasteiger partial charge in [-0.15, -0.1) is 0 Å². The molecule has 1 unspecified atom stereocenters. The summed E-state index contributed by atoms with van der Waals surface area (Å²) in [5.41, 5.74) is -0.195. The van der Waals surface area contributed by atoms with E-state index in [1.54, 1.807) is 0 Å². The van der Waals surface area contributed by atoms with Gasteiger partial charge in [0.2, 0.25) is 0 Å². The van der Waals surface area contributed by atoms with Crippen molar-refractivity contribution < 1.29 is 17.4 Å². The number of hydrogen-bond acceptors (Lipinski definition) is 2. The van der Waals surface area contributed by atoms with E-state index in [9.17, 15) is 13.2 Å². The van der Waals surface area contributed by atoms with Crippen molar-refractivity contribution in [3.63, 3.8) is 0 Å². The number of thiol groups is 1. The third kappa shape index (κ3) is 15.2. The summed E-state index contributed by atoms with van der Waals surface area (Å²) in [5.74, 6) is -1.10. The third-order valence-electron chi connectivity index (χ3n) is 5.20. The lowest BCUT2D eigenvalue weighted by Crippen LogP contribution is -2.22. The minimum absolute atomic E-state index is 0.195. The Hall–Kier alpha value is 0.100. The lowest BCUT2D eigenvalue weighted by atomic mass is 9.93. The van der Waals surface area contributed by atoms with Gasteiger partial charge in [0.05, 0.1) is 11.5 Å². The summed E-state index contributed by atoms with van der Waals surface area (Å²) in [7, 11) is 0. The van der Waals surface area contributed by atoms with Crippen LogP contribution in [-0.4, -0.2) is 11.8 Å². The van der Waals surface area contributed by atoms with Crippen LogP contribution >= 0.6 is 12.9 Å². The summed E-state index contributed by atoms with van der Waals surface area (Å²) in [5, 5.41) is 0. The fraction of sp³-hybridized carbons (Fsp3) is 1.00. The van der Waals surface area contributed by atoms with E-state index in [0.717, 1.165) is 64.2 Å². The Balaban J connectivity index is 3.75. The maximum Gasteiger partial charge on any atom is 0.391 e. The Morgan fingerprint density at radius 1 is 0.731 bits per heavy atom. The molecular formula is C21H41F3OS. The van der Waals surface area contributed by atoms with Crippen LogP contribution in [0.2, 0.25) is 0 Å². The molecule has 0 rings (SSSR count). The van der Waals surface area contributed by atoms with Crippen LogP contribution in [0.25, 0.3) is 0 Å². The van der Waals surface area contributed by atoms with Gasteiger partial charge < -0.3 is 4.18 Å². The molecule has 158 valence electrons. The van der Waals surface area contributed by atoms with Gasteiger partial charge in [0.1, 0.15) is 0 Å². The van der Waals surface area contributed by atoms with Crippen molar-refractivity contribution in [1.82, 2.24) is 0 Å². The standard InChI is InChI=1S/C21H41F3OS/c1-4-5-6-7-10-13-16-19(21(22,23)24)17-14-11-8-9-12-15-18-20(2,3)25-26/h19,26H,4-18H2,1-3H3. The summed E-state index contributed by atoms with van der Waals surface area (Å²) in [6.45, 7) is 6.18. The van der Waals surface area contributed by atoms with E-state index >= 15 is 0 Å². The van der Waals surface area contributed by atoms with Gasteiger partial charge in [-0.05, 0) is 46.0 Å². The molecule has 0 saturated heterocycles. The highest BCUT2D eigenvalue weighted by molar-refractivity contribution is 7.75. The van der Waals surface area contributed by atoms with Gasteiger partial charge >= 0.3 is 6.18 Å². The molecule has 0 aromatic heterocycles. The molecule has 1 nitrogen and oxygen atoms in total. The molecule has 0 N–H and O–H groups in total. The summed E-state index contributed by atoms with van der Waals surface area (Å²) in [4.78, 5) is 0. The van der Waals surface area contributed by atoms with Crippen LogP contribution in [-0.2, 0) is 4.18 Å². The molecule has 0 aromatic carbocycles. The van der Waals surface area contributed by atoms with Crippen LogP contribution in [0.4, 0.5) is 13.2 Å². The Labute approximate surface area is 165 Å². The fourth-order valence-electron chi connectivity index (χ4n) is 3.34. The molecule has 5 heteroatoms. The lowest BCUT2D eigenvalue weighted by molar-refractivity contribution is -0.178. The number of hydrogen-bond donors (Lipinski definition) is 1. The number of rotatable bonds is 17. The van der Waals surface area contributed by atoms with Gasteiger partial charge in [0, 0.05) is 0 Å². The van der Waals surface area contributed by atoms with Crippen LogP contribution < -0.4 is 0 Å². The summed E-state index contributed by atoms with van der Waals surface area (Å²) >= 11 is 3.87. The highest BCUT2D eigenvalue weighted by atomic mass is 32.1. The SMILES string of the molecule is CCCCCCCCC(CCCCCCCCC(C)(C)OS)C(F)(F)F. The quantitative estimate of drug-likeness (QED) is 0.146. The average Bonchev–Trinajstić information content (AvgIpc) is 2.57. The van der Waals surface area contributed by atoms with Crippen molar-refractivity contribution in [2.24, 2.45) is 5.92 Å². The van der Waals surface area contributed by atoms with E-state index in [4.69, 9.17) is 4.18 Å². The number of unbranched alkanes of at least 4 members (excludes halogenated alkanes) is 10. The summed E-state index contributed by atoms with van der Waals surface area (Å²) in [6, 6.07) is 0. The maximum absolute atomic E-state index is 13.2. The molecule has 0 amide bonds. The van der Waals surface area contributed by atoms with Crippen LogP contribution in [0.1, 0.15) is 117 Å². The van der Waals surface area contributed by atoms with Gasteiger partial charge in [-0.2, -0.15) is 13.2 Å². The van der Waals surface area contributed by atoms with Crippen LogP contribution in [0, 0.1) is 5.92 Å². The molecule has 26 heavy (non-hydrogen) atoms. The van der Waals surface area contributed by atoms with Crippen molar-refractivity contribution in [2.75, 3.05) is 0 Å². The maximum atomic E-state index is 13.2. The van der Waals surface area contributed by atoms with E-state index in [1.807, 2.05) is 13.8 Å². The second kappa shape index (κ2) is 15.1. The second-order valence-corrected chi connectivity index (χ2v) is 8.49. The monoisotopic (exact) mass is 398 g/mol. The second-order valence-electron chi connectivity index (χ2n) is 8.31. The molecule has 1 atom stereocenters. The molecular weight excluding hydrogens is 357 g/mol. The molecule has 0 aliphatic heterocycles. The van der Waals surface area contributed by atoms with Crippen molar-refractivity contribution >= 4 is 12.9 Å². The van der Waals surface area contributed by atoms with Gasteiger partial charge in [-0.3, -0.25) is 0 Å². The highest BCUT2D eigenvalue weighted by Gasteiger charge is 2.38. The van der Waals surface area contributed by atoms with Crippen LogP contribution in [0.15, 0.2) is 0 Å². The first kappa shape index (κ1) is 26.1. The zero-order valence-corrected chi connectivity index (χ0v) is 18.1. The fourth-order valence-corrected chi connectivity index (χ4v) is 3.43. The van der Waals surface area contributed by atoms with Gasteiger partial charge in [0.15, 0.2) is 0 Å². The van der Waals surface area contributed by atoms with Crippen molar-refractivity contribution in [3.05, 3.63) is 0 Å². The smallest absolute Gasteiger partial charge is 0.313 e. The minimum atomic E-state index is -4.03. The first-order chi connectivity index (χ1) is 12.2. The predicted molar refractivity (Wildman–Crippen MR) is 109 cm³/mol. The zero-order chi connectivity index (χ0) is 19.9. The largest absolute Gasteiger partial charge is 0.391 e. The van der Waals surface area contributed by atoms with E-state index in [-0.39, 0.29) is 5.60 Å². The topological polar surface area (TPSA) is 9.23 Å². The van der Waals surface area contributed by atoms with Crippen LogP contribution in [0.3, 0.4) is 0 Å². The Kier molecular flexibility index (Phi) is 15.1. The third-order valence-corrected chi connectivity index (χ3v) is 5.69. The molecule has 0 aliphatic rings. The Morgan fingerprint density at radius 2 is 1.15 bits per heavy atom. The van der Waals surface area contributed by atoms with Gasteiger partial charge in [-0.25, -0.2) is 0 Å². The predicted octanol–water partition coefficient (Wildman–Crippen LogP) is 8.68. The molecule has 0 aliphatic carbocycles. The number of alkyl halides is 3. The molecule has 0 spiro atoms. The molecule has 0 radical (unpaired) electrons. The molecule has 0 bridgehead atoms. The van der Waals surface area contributed by atoms with E-state index in [2.05, 4.69) is 19.8 Å². The Bertz CT molecular complexity index is 319. The summed E-state index contributed by atoms with van der Waals surface area (Å²) in [6.07, 6.45) is 9.75. The zero-order valence-electron chi connectivity index (χ0n) is 17.2. The molecule has 0 aromatic rings. The molecule has 0 saturated carbocycles. The van der Waals surface area contributed by atoms with E-state index in [1.165, 1.54) is 12.8 Å². The van der Waals surface area contributed by atoms with Crippen LogP contribution in [0.5, 0.6) is 0 Å². The summed E-state index contributed by atoms with van der Waals surface area (Å²) < 4.78 is 44.5. The minimum Gasteiger partial charge on any atom is -0.313 e. The molecule has 0 heterocycles. The highest BCUT2D eigenvalue weighted by Crippen LogP contribution is 2.34. The van der Waals surface area contributed by atoms with Crippen molar-refractivity contribution in [2.45, 2.75) is 129 Å². The average molecular weight is 399 g/mol. The normalized spacial score (nSPS) is 14.0. The Morgan fingerprint density at radius 3 is 1.58 bits per heavy atom. The van der Waals surface area contributed by atoms with Gasteiger partial charge in [0.25, 0.3) is 0 Å². The van der Waals surface area contributed by atoms with Crippen molar-refractivity contribution in [1.29, 1.82) is 0 Å². The van der Waals surface area contributed by atoms with Gasteiger partial charge in [-0.1, -0.05) is 84.0 Å². The first-order valence-electron chi connectivity index (χ1n) is 10.6. The molecule has 0 fully saturated rings.